The van der Waals surface area contributed by atoms with Crippen molar-refractivity contribution in [2.45, 2.75) is 39.3 Å². The third kappa shape index (κ3) is 2.68. The van der Waals surface area contributed by atoms with Crippen LogP contribution in [0.3, 0.4) is 0 Å². The van der Waals surface area contributed by atoms with E-state index < -0.39 is 5.67 Å². The summed E-state index contributed by atoms with van der Waals surface area (Å²) in [4.78, 5) is 0. The van der Waals surface area contributed by atoms with Crippen LogP contribution in [0, 0.1) is 0 Å². The Balaban J connectivity index is 3.10. The van der Waals surface area contributed by atoms with Gasteiger partial charge in [-0.05, 0) is 50.3 Å². The Labute approximate surface area is 91.9 Å². The van der Waals surface area contributed by atoms with E-state index >= 15 is 0 Å². The van der Waals surface area contributed by atoms with Crippen LogP contribution in [-0.2, 0) is 0 Å². The van der Waals surface area contributed by atoms with E-state index in [-0.39, 0.29) is 0 Å². The molecule has 0 radical (unpaired) electrons. The van der Waals surface area contributed by atoms with Crippen molar-refractivity contribution in [2.75, 3.05) is 0 Å². The Kier molecular flexibility index (Phi) is 3.33. The number of halogens is 1. The zero-order valence-electron chi connectivity index (χ0n) is 9.86. The predicted molar refractivity (Wildman–Crippen MR) is 64.5 cm³/mol. The second-order valence-corrected chi connectivity index (χ2v) is 4.57. The van der Waals surface area contributed by atoms with Crippen LogP contribution in [0.15, 0.2) is 47.6 Å². The molecule has 0 unspecified atom stereocenters. The number of hydrogen-bond donors (Lipinski definition) is 0. The lowest BCUT2D eigenvalue weighted by atomic mass is 9.84. The van der Waals surface area contributed by atoms with Crippen molar-refractivity contribution < 1.29 is 4.39 Å². The first kappa shape index (κ1) is 12.0. The van der Waals surface area contributed by atoms with Crippen LogP contribution in [0.5, 0.6) is 0 Å². The minimum atomic E-state index is -1.23. The molecule has 0 N–H and O–H groups in total. The molecule has 0 aromatic heterocycles. The molecule has 0 aliphatic heterocycles. The second-order valence-electron chi connectivity index (χ2n) is 4.57. The summed E-state index contributed by atoms with van der Waals surface area (Å²) < 4.78 is 13.8. The van der Waals surface area contributed by atoms with Crippen LogP contribution in [0.1, 0.15) is 33.6 Å². The summed E-state index contributed by atoms with van der Waals surface area (Å²) in [6.07, 6.45) is 5.39. The molecule has 0 aromatic rings. The summed E-state index contributed by atoms with van der Waals surface area (Å²) in [6.45, 7) is 12.9. The van der Waals surface area contributed by atoms with Crippen LogP contribution in [0.25, 0.3) is 0 Å². The van der Waals surface area contributed by atoms with Crippen molar-refractivity contribution in [3.8, 4) is 0 Å². The lowest BCUT2D eigenvalue weighted by Gasteiger charge is -2.25. The third-order valence-corrected chi connectivity index (χ3v) is 2.90. The molecule has 82 valence electrons. The molecule has 0 nitrogen and oxygen atoms in total. The molecule has 1 aliphatic rings. The van der Waals surface area contributed by atoms with Gasteiger partial charge in [-0.25, -0.2) is 4.39 Å². The lowest BCUT2D eigenvalue weighted by Crippen LogP contribution is -2.18. The molecule has 0 fully saturated rings. The quantitative estimate of drug-likeness (QED) is 0.596. The van der Waals surface area contributed by atoms with Crippen molar-refractivity contribution in [2.24, 2.45) is 0 Å². The van der Waals surface area contributed by atoms with Crippen LogP contribution < -0.4 is 0 Å². The van der Waals surface area contributed by atoms with Crippen molar-refractivity contribution in [3.63, 3.8) is 0 Å². The van der Waals surface area contributed by atoms with E-state index in [4.69, 9.17) is 0 Å². The van der Waals surface area contributed by atoms with Gasteiger partial charge in [0.15, 0.2) is 0 Å². The normalized spacial score (nSPS) is 17.5. The van der Waals surface area contributed by atoms with E-state index in [1.54, 1.807) is 19.9 Å². The summed E-state index contributed by atoms with van der Waals surface area (Å²) in [6, 6.07) is 0. The van der Waals surface area contributed by atoms with Gasteiger partial charge in [0, 0.05) is 0 Å². The molecule has 1 aliphatic carbocycles. The first-order valence-electron chi connectivity index (χ1n) is 5.27. The first-order valence-corrected chi connectivity index (χ1v) is 5.27. The fraction of sp³-hybridized carbons (Fsp3) is 0.429. The molecule has 0 heterocycles. The topological polar surface area (TPSA) is 0 Å². The van der Waals surface area contributed by atoms with Gasteiger partial charge in [0.25, 0.3) is 0 Å². The van der Waals surface area contributed by atoms with Crippen molar-refractivity contribution in [1.29, 1.82) is 0 Å². The molecular formula is C14H19F. The molecule has 1 heteroatoms. The maximum Gasteiger partial charge on any atom is 0.126 e. The van der Waals surface area contributed by atoms with Gasteiger partial charge in [0.2, 0.25) is 0 Å². The zero-order chi connectivity index (χ0) is 11.6. The SMILES string of the molecule is C=CC(=C)C1=C(C)CCC(C(C)(C)F)=C1. The van der Waals surface area contributed by atoms with E-state index in [2.05, 4.69) is 20.1 Å². The highest BCUT2D eigenvalue weighted by atomic mass is 19.1. The Morgan fingerprint density at radius 1 is 1.47 bits per heavy atom. The highest BCUT2D eigenvalue weighted by Crippen LogP contribution is 2.34. The molecule has 0 saturated heterocycles. The van der Waals surface area contributed by atoms with Crippen LogP contribution >= 0.6 is 0 Å². The maximum atomic E-state index is 13.8. The number of alkyl halides is 1. The standard InChI is InChI=1S/C14H19F/c1-6-10(2)13-9-12(14(4,5)15)8-7-11(13)3/h6,9H,1-2,7-8H2,3-5H3. The van der Waals surface area contributed by atoms with Gasteiger partial charge in [0.1, 0.15) is 5.67 Å². The number of allylic oxidation sites excluding steroid dienone is 6. The van der Waals surface area contributed by atoms with Gasteiger partial charge in [-0.2, -0.15) is 0 Å². The van der Waals surface area contributed by atoms with E-state index in [0.717, 1.165) is 29.6 Å². The van der Waals surface area contributed by atoms with Crippen LogP contribution in [0.2, 0.25) is 0 Å². The molecular weight excluding hydrogens is 187 g/mol. The summed E-state index contributed by atoms with van der Waals surface area (Å²) in [5, 5.41) is 0. The minimum absolute atomic E-state index is 0.809. The highest BCUT2D eigenvalue weighted by Gasteiger charge is 2.24. The molecule has 0 atom stereocenters. The summed E-state index contributed by atoms with van der Waals surface area (Å²) in [5.41, 5.74) is 2.83. The van der Waals surface area contributed by atoms with Gasteiger partial charge in [-0.15, -0.1) is 0 Å². The Hall–Kier alpha value is -1.11. The van der Waals surface area contributed by atoms with Crippen LogP contribution in [0.4, 0.5) is 4.39 Å². The van der Waals surface area contributed by atoms with Gasteiger partial charge in [-0.3, -0.25) is 0 Å². The van der Waals surface area contributed by atoms with E-state index in [1.165, 1.54) is 5.57 Å². The molecule has 0 bridgehead atoms. The predicted octanol–water partition coefficient (Wildman–Crippen LogP) is 4.51. The Morgan fingerprint density at radius 2 is 2.07 bits per heavy atom. The number of hydrogen-bond acceptors (Lipinski definition) is 0. The van der Waals surface area contributed by atoms with Crippen molar-refractivity contribution in [3.05, 3.63) is 47.6 Å². The van der Waals surface area contributed by atoms with Gasteiger partial charge >= 0.3 is 0 Å². The van der Waals surface area contributed by atoms with Gasteiger partial charge < -0.3 is 0 Å². The van der Waals surface area contributed by atoms with E-state index in [1.807, 2.05) is 6.08 Å². The molecule has 15 heavy (non-hydrogen) atoms. The minimum Gasteiger partial charge on any atom is -0.240 e. The lowest BCUT2D eigenvalue weighted by molar-refractivity contribution is 0.260. The summed E-state index contributed by atoms with van der Waals surface area (Å²) in [7, 11) is 0. The number of rotatable bonds is 3. The monoisotopic (exact) mass is 206 g/mol. The van der Waals surface area contributed by atoms with Gasteiger partial charge in [0.05, 0.1) is 0 Å². The molecule has 0 saturated carbocycles. The van der Waals surface area contributed by atoms with Crippen molar-refractivity contribution in [1.82, 2.24) is 0 Å². The van der Waals surface area contributed by atoms with Gasteiger partial charge in [-0.1, -0.05) is 30.9 Å². The average Bonchev–Trinajstić information content (AvgIpc) is 2.15. The molecule has 0 amide bonds. The molecule has 0 spiro atoms. The Morgan fingerprint density at radius 3 is 2.53 bits per heavy atom. The first-order chi connectivity index (χ1) is 6.86. The highest BCUT2D eigenvalue weighted by molar-refractivity contribution is 5.50. The second kappa shape index (κ2) is 4.18. The zero-order valence-corrected chi connectivity index (χ0v) is 9.86. The average molecular weight is 206 g/mol. The van der Waals surface area contributed by atoms with Crippen molar-refractivity contribution >= 4 is 0 Å². The maximum absolute atomic E-state index is 13.8. The molecule has 1 rings (SSSR count). The third-order valence-electron chi connectivity index (χ3n) is 2.90. The smallest absolute Gasteiger partial charge is 0.126 e. The fourth-order valence-electron chi connectivity index (χ4n) is 1.77. The molecule has 0 aromatic carbocycles. The van der Waals surface area contributed by atoms with E-state index in [9.17, 15) is 4.39 Å². The largest absolute Gasteiger partial charge is 0.240 e. The Bertz CT molecular complexity index is 348. The van der Waals surface area contributed by atoms with Crippen LogP contribution in [-0.4, -0.2) is 5.67 Å². The fourth-order valence-corrected chi connectivity index (χ4v) is 1.77. The van der Waals surface area contributed by atoms with E-state index in [0.29, 0.717) is 0 Å². The summed E-state index contributed by atoms with van der Waals surface area (Å²) >= 11 is 0. The summed E-state index contributed by atoms with van der Waals surface area (Å²) in [5.74, 6) is 0.